The van der Waals surface area contributed by atoms with Crippen molar-refractivity contribution in [3.63, 3.8) is 0 Å². The summed E-state index contributed by atoms with van der Waals surface area (Å²) in [6.45, 7) is 1.72. The molecule has 126 valence electrons. The highest BCUT2D eigenvalue weighted by Gasteiger charge is 2.12. The van der Waals surface area contributed by atoms with Crippen LogP contribution in [0.15, 0.2) is 54.6 Å². The molecule has 2 rings (SSSR count). The van der Waals surface area contributed by atoms with Crippen LogP contribution in [0.1, 0.15) is 24.8 Å². The van der Waals surface area contributed by atoms with Crippen LogP contribution in [0.2, 0.25) is 5.02 Å². The van der Waals surface area contributed by atoms with Gasteiger partial charge in [0.05, 0.1) is 5.02 Å². The number of amides is 2. The number of para-hydroxylation sites is 1. The molecule has 0 radical (unpaired) electrons. The van der Waals surface area contributed by atoms with E-state index in [2.05, 4.69) is 10.9 Å². The Bertz CT molecular complexity index is 692. The minimum atomic E-state index is -0.462. The predicted molar refractivity (Wildman–Crippen MR) is 92.7 cm³/mol. The first-order valence-corrected chi connectivity index (χ1v) is 7.94. The van der Waals surface area contributed by atoms with Crippen molar-refractivity contribution in [3.8, 4) is 5.75 Å². The average molecular weight is 347 g/mol. The van der Waals surface area contributed by atoms with Crippen molar-refractivity contribution in [1.29, 1.82) is 0 Å². The Morgan fingerprint density at radius 2 is 1.62 bits per heavy atom. The molecule has 1 atom stereocenters. The van der Waals surface area contributed by atoms with E-state index in [1.54, 1.807) is 24.3 Å². The van der Waals surface area contributed by atoms with E-state index in [-0.39, 0.29) is 24.9 Å². The van der Waals surface area contributed by atoms with E-state index in [1.165, 1.54) is 0 Å². The zero-order valence-electron chi connectivity index (χ0n) is 13.3. The standard InChI is InChI=1S/C18H19ClN2O3/c1-13(14-7-3-2-4-8-14)11-17(22)20-21-18(23)12-24-16-10-6-5-9-15(16)19/h2-10,13H,11-12H2,1H3,(H,20,22)(H,21,23)/t13-/m0/s1. The molecular formula is C18H19ClN2O3. The predicted octanol–water partition coefficient (Wildman–Crippen LogP) is 3.06. The highest BCUT2D eigenvalue weighted by molar-refractivity contribution is 6.32. The van der Waals surface area contributed by atoms with Gasteiger partial charge in [0.1, 0.15) is 5.75 Å². The fraction of sp³-hybridized carbons (Fsp3) is 0.222. The number of hydrazine groups is 1. The molecule has 6 heteroatoms. The average Bonchev–Trinajstić information content (AvgIpc) is 2.60. The highest BCUT2D eigenvalue weighted by Crippen LogP contribution is 2.22. The van der Waals surface area contributed by atoms with Crippen molar-refractivity contribution in [2.75, 3.05) is 6.61 Å². The molecular weight excluding hydrogens is 328 g/mol. The second-order valence-corrected chi connectivity index (χ2v) is 5.74. The van der Waals surface area contributed by atoms with E-state index in [0.29, 0.717) is 10.8 Å². The molecule has 0 saturated carbocycles. The molecule has 5 nitrogen and oxygen atoms in total. The molecule has 2 N–H and O–H groups in total. The van der Waals surface area contributed by atoms with Crippen molar-refractivity contribution < 1.29 is 14.3 Å². The molecule has 24 heavy (non-hydrogen) atoms. The lowest BCUT2D eigenvalue weighted by Gasteiger charge is -2.13. The smallest absolute Gasteiger partial charge is 0.276 e. The second kappa shape index (κ2) is 8.93. The highest BCUT2D eigenvalue weighted by atomic mass is 35.5. The minimum Gasteiger partial charge on any atom is -0.482 e. The van der Waals surface area contributed by atoms with Gasteiger partial charge < -0.3 is 4.74 Å². The molecule has 0 unspecified atom stereocenters. The zero-order valence-corrected chi connectivity index (χ0v) is 14.0. The minimum absolute atomic E-state index is 0.0578. The maximum Gasteiger partial charge on any atom is 0.276 e. The lowest BCUT2D eigenvalue weighted by atomic mass is 9.98. The van der Waals surface area contributed by atoms with Gasteiger partial charge in [-0.25, -0.2) is 0 Å². The van der Waals surface area contributed by atoms with E-state index in [1.807, 2.05) is 37.3 Å². The van der Waals surface area contributed by atoms with Crippen LogP contribution in [0.25, 0.3) is 0 Å². The number of carbonyl (C=O) groups is 2. The summed E-state index contributed by atoms with van der Waals surface area (Å²) in [7, 11) is 0. The molecule has 2 aromatic carbocycles. The van der Waals surface area contributed by atoms with Gasteiger partial charge in [-0.15, -0.1) is 0 Å². The number of hydrogen-bond donors (Lipinski definition) is 2. The summed E-state index contributed by atoms with van der Waals surface area (Å²) in [6, 6.07) is 16.6. The summed E-state index contributed by atoms with van der Waals surface area (Å²) < 4.78 is 5.29. The largest absolute Gasteiger partial charge is 0.482 e. The summed E-state index contributed by atoms with van der Waals surface area (Å²) in [5.74, 6) is -0.256. The van der Waals surface area contributed by atoms with Gasteiger partial charge in [-0.3, -0.25) is 20.4 Å². The maximum absolute atomic E-state index is 11.9. The van der Waals surface area contributed by atoms with Gasteiger partial charge in [-0.2, -0.15) is 0 Å². The Morgan fingerprint density at radius 1 is 1.00 bits per heavy atom. The third-order valence-corrected chi connectivity index (χ3v) is 3.71. The van der Waals surface area contributed by atoms with Crippen LogP contribution in [-0.4, -0.2) is 18.4 Å². The number of hydrogen-bond acceptors (Lipinski definition) is 3. The summed E-state index contributed by atoms with van der Waals surface area (Å²) in [5, 5.41) is 0.422. The van der Waals surface area contributed by atoms with E-state index < -0.39 is 5.91 Å². The van der Waals surface area contributed by atoms with Gasteiger partial charge in [0.25, 0.3) is 5.91 Å². The molecule has 0 aromatic heterocycles. The van der Waals surface area contributed by atoms with Gasteiger partial charge in [-0.1, -0.05) is 61.0 Å². The normalized spacial score (nSPS) is 11.4. The number of nitrogens with one attached hydrogen (secondary N) is 2. The van der Waals surface area contributed by atoms with E-state index >= 15 is 0 Å². The molecule has 0 saturated heterocycles. The second-order valence-electron chi connectivity index (χ2n) is 5.33. The molecule has 0 fully saturated rings. The Labute approximate surface area is 145 Å². The Balaban J connectivity index is 1.71. The summed E-state index contributed by atoms with van der Waals surface area (Å²) in [5.41, 5.74) is 5.78. The van der Waals surface area contributed by atoms with E-state index in [0.717, 1.165) is 5.56 Å². The Hall–Kier alpha value is -2.53. The van der Waals surface area contributed by atoms with Gasteiger partial charge in [0.2, 0.25) is 5.91 Å². The van der Waals surface area contributed by atoms with Crippen LogP contribution in [0, 0.1) is 0 Å². The third kappa shape index (κ3) is 5.59. The summed E-state index contributed by atoms with van der Waals surface area (Å²) in [4.78, 5) is 23.6. The summed E-state index contributed by atoms with van der Waals surface area (Å²) in [6.07, 6.45) is 0.273. The first-order valence-electron chi connectivity index (χ1n) is 7.56. The molecule has 2 amide bonds. The maximum atomic E-state index is 11.9. The number of carbonyl (C=O) groups excluding carboxylic acids is 2. The fourth-order valence-corrected chi connectivity index (χ4v) is 2.30. The fourth-order valence-electron chi connectivity index (χ4n) is 2.11. The number of ether oxygens (including phenoxy) is 1. The number of benzene rings is 2. The molecule has 0 spiro atoms. The van der Waals surface area contributed by atoms with Crippen LogP contribution in [0.5, 0.6) is 5.75 Å². The van der Waals surface area contributed by atoms with Crippen molar-refractivity contribution in [2.45, 2.75) is 19.3 Å². The van der Waals surface area contributed by atoms with Crippen LogP contribution in [-0.2, 0) is 9.59 Å². The molecule has 0 aliphatic carbocycles. The molecule has 0 aliphatic rings. The van der Waals surface area contributed by atoms with E-state index in [9.17, 15) is 9.59 Å². The number of halogens is 1. The van der Waals surface area contributed by atoms with Crippen molar-refractivity contribution in [2.24, 2.45) is 0 Å². The van der Waals surface area contributed by atoms with Gasteiger partial charge in [-0.05, 0) is 23.6 Å². The monoisotopic (exact) mass is 346 g/mol. The summed E-state index contributed by atoms with van der Waals surface area (Å²) >= 11 is 5.92. The molecule has 0 heterocycles. The van der Waals surface area contributed by atoms with Gasteiger partial charge in [0.15, 0.2) is 6.61 Å². The molecule has 0 aliphatic heterocycles. The zero-order chi connectivity index (χ0) is 17.4. The van der Waals surface area contributed by atoms with Crippen molar-refractivity contribution >= 4 is 23.4 Å². The van der Waals surface area contributed by atoms with Crippen LogP contribution >= 0.6 is 11.6 Å². The van der Waals surface area contributed by atoms with Crippen molar-refractivity contribution in [3.05, 3.63) is 65.2 Å². The third-order valence-electron chi connectivity index (χ3n) is 3.40. The molecule has 0 bridgehead atoms. The molecule has 2 aromatic rings. The van der Waals surface area contributed by atoms with Crippen molar-refractivity contribution in [1.82, 2.24) is 10.9 Å². The van der Waals surface area contributed by atoms with Crippen LogP contribution in [0.3, 0.4) is 0 Å². The van der Waals surface area contributed by atoms with Gasteiger partial charge >= 0.3 is 0 Å². The van der Waals surface area contributed by atoms with Crippen LogP contribution in [0.4, 0.5) is 0 Å². The number of rotatable bonds is 6. The quantitative estimate of drug-likeness (QED) is 0.790. The Morgan fingerprint density at radius 3 is 2.33 bits per heavy atom. The topological polar surface area (TPSA) is 67.4 Å². The Kier molecular flexibility index (Phi) is 6.63. The lowest BCUT2D eigenvalue weighted by molar-refractivity contribution is -0.130. The lowest BCUT2D eigenvalue weighted by Crippen LogP contribution is -2.44. The van der Waals surface area contributed by atoms with Crippen LogP contribution < -0.4 is 15.6 Å². The first kappa shape index (κ1) is 17.8. The van der Waals surface area contributed by atoms with E-state index in [4.69, 9.17) is 16.3 Å². The first-order chi connectivity index (χ1) is 11.6. The SMILES string of the molecule is C[C@@H](CC(=O)NNC(=O)COc1ccccc1Cl)c1ccccc1. The van der Waals surface area contributed by atoms with Gasteiger partial charge in [0, 0.05) is 6.42 Å².